The van der Waals surface area contributed by atoms with Gasteiger partial charge >= 0.3 is 0 Å². The predicted octanol–water partition coefficient (Wildman–Crippen LogP) is 2.12. The molecule has 0 unspecified atom stereocenters. The maximum Gasteiger partial charge on any atom is 0.264 e. The number of methoxy groups -OCH3 is 1. The summed E-state index contributed by atoms with van der Waals surface area (Å²) in [7, 11) is -0.781. The van der Waals surface area contributed by atoms with Gasteiger partial charge in [-0.15, -0.1) is 12.4 Å². The van der Waals surface area contributed by atoms with Crippen LogP contribution in [0, 0.1) is 0 Å². The normalized spacial score (nSPS) is 16.4. The Balaban J connectivity index is 0.00000280. The van der Waals surface area contributed by atoms with Crippen LogP contribution in [0.4, 0.5) is 5.69 Å². The van der Waals surface area contributed by atoms with Crippen molar-refractivity contribution >= 4 is 34.0 Å². The van der Waals surface area contributed by atoms with Crippen LogP contribution in [0.3, 0.4) is 0 Å². The summed E-state index contributed by atoms with van der Waals surface area (Å²) in [5, 5.41) is 0. The van der Waals surface area contributed by atoms with Crippen LogP contribution in [0.5, 0.6) is 5.75 Å². The Kier molecular flexibility index (Phi) is 6.92. The molecule has 1 aliphatic rings. The molecule has 152 valence electrons. The highest BCUT2D eigenvalue weighted by Gasteiger charge is 2.27. The van der Waals surface area contributed by atoms with Crippen LogP contribution in [0.25, 0.3) is 0 Å². The molecule has 9 heteroatoms. The van der Waals surface area contributed by atoms with Crippen LogP contribution in [-0.4, -0.2) is 52.5 Å². The summed E-state index contributed by atoms with van der Waals surface area (Å²) in [5.74, 6) is 0.438. The number of anilines is 1. The van der Waals surface area contributed by atoms with Crippen LogP contribution in [0.1, 0.15) is 16.8 Å². The lowest BCUT2D eigenvalue weighted by molar-refractivity contribution is 0.0790. The average molecular weight is 426 g/mol. The zero-order valence-electron chi connectivity index (χ0n) is 15.7. The Morgan fingerprint density at radius 1 is 1.21 bits per heavy atom. The molecule has 1 aliphatic heterocycles. The Labute approximate surface area is 171 Å². The highest BCUT2D eigenvalue weighted by molar-refractivity contribution is 7.92. The third-order valence-corrected chi connectivity index (χ3v) is 6.47. The van der Waals surface area contributed by atoms with E-state index >= 15 is 0 Å². The van der Waals surface area contributed by atoms with Crippen molar-refractivity contribution in [2.45, 2.75) is 17.4 Å². The number of amides is 1. The number of hydrogen-bond acceptors (Lipinski definition) is 5. The monoisotopic (exact) mass is 425 g/mol. The van der Waals surface area contributed by atoms with Crippen molar-refractivity contribution in [1.29, 1.82) is 0 Å². The molecule has 0 aliphatic carbocycles. The molecule has 0 bridgehead atoms. The molecule has 2 N–H and O–H groups in total. The average Bonchev–Trinajstić information content (AvgIpc) is 3.13. The quantitative estimate of drug-likeness (QED) is 0.791. The number of sulfonamides is 1. The Bertz CT molecular complexity index is 934. The van der Waals surface area contributed by atoms with E-state index in [1.54, 1.807) is 48.4 Å². The number of hydrogen-bond donors (Lipinski definition) is 1. The molecule has 1 fully saturated rings. The van der Waals surface area contributed by atoms with Gasteiger partial charge in [0, 0.05) is 31.7 Å². The van der Waals surface area contributed by atoms with Gasteiger partial charge in [0.25, 0.3) is 15.9 Å². The largest absolute Gasteiger partial charge is 0.497 e. The van der Waals surface area contributed by atoms with Gasteiger partial charge in [-0.2, -0.15) is 0 Å². The topological polar surface area (TPSA) is 92.9 Å². The van der Waals surface area contributed by atoms with Crippen molar-refractivity contribution in [3.63, 3.8) is 0 Å². The van der Waals surface area contributed by atoms with E-state index in [0.29, 0.717) is 30.1 Å². The fourth-order valence-electron chi connectivity index (χ4n) is 3.03. The Morgan fingerprint density at radius 3 is 2.46 bits per heavy atom. The van der Waals surface area contributed by atoms with Crippen molar-refractivity contribution in [3.8, 4) is 5.75 Å². The summed E-state index contributed by atoms with van der Waals surface area (Å²) in [6, 6.07) is 12.8. The van der Waals surface area contributed by atoms with E-state index in [-0.39, 0.29) is 29.3 Å². The second kappa shape index (κ2) is 8.81. The molecule has 0 spiro atoms. The van der Waals surface area contributed by atoms with E-state index in [4.69, 9.17) is 10.5 Å². The molecule has 0 aromatic heterocycles. The number of benzene rings is 2. The van der Waals surface area contributed by atoms with E-state index in [1.807, 2.05) is 0 Å². The summed E-state index contributed by atoms with van der Waals surface area (Å²) in [6.07, 6.45) is 0.754. The number of halogens is 1. The molecule has 1 atom stereocenters. The van der Waals surface area contributed by atoms with E-state index in [1.165, 1.54) is 23.5 Å². The van der Waals surface area contributed by atoms with E-state index in [9.17, 15) is 13.2 Å². The summed E-state index contributed by atoms with van der Waals surface area (Å²) in [4.78, 5) is 14.4. The first-order chi connectivity index (χ1) is 12.8. The van der Waals surface area contributed by atoms with Crippen LogP contribution < -0.4 is 14.8 Å². The van der Waals surface area contributed by atoms with E-state index in [2.05, 4.69) is 0 Å². The van der Waals surface area contributed by atoms with Gasteiger partial charge in [-0.25, -0.2) is 8.42 Å². The lowest BCUT2D eigenvalue weighted by atomic mass is 10.2. The number of carbonyl (C=O) groups is 1. The zero-order valence-corrected chi connectivity index (χ0v) is 17.4. The zero-order chi connectivity index (χ0) is 19.6. The second-order valence-corrected chi connectivity index (χ2v) is 8.47. The first-order valence-electron chi connectivity index (χ1n) is 8.61. The van der Waals surface area contributed by atoms with Crippen LogP contribution in [0.2, 0.25) is 0 Å². The van der Waals surface area contributed by atoms with Gasteiger partial charge in [0.2, 0.25) is 0 Å². The number of rotatable bonds is 5. The lowest BCUT2D eigenvalue weighted by Gasteiger charge is -2.21. The number of nitrogens with two attached hydrogens (primary N) is 1. The lowest BCUT2D eigenvalue weighted by Crippen LogP contribution is -2.32. The van der Waals surface area contributed by atoms with Gasteiger partial charge in [0.1, 0.15) is 5.75 Å². The third kappa shape index (κ3) is 4.40. The van der Waals surface area contributed by atoms with E-state index in [0.717, 1.165) is 6.42 Å². The van der Waals surface area contributed by atoms with Crippen molar-refractivity contribution in [3.05, 3.63) is 54.1 Å². The van der Waals surface area contributed by atoms with Gasteiger partial charge in [-0.3, -0.25) is 9.10 Å². The van der Waals surface area contributed by atoms with Crippen molar-refractivity contribution in [1.82, 2.24) is 4.90 Å². The second-order valence-electron chi connectivity index (χ2n) is 6.50. The van der Waals surface area contributed by atoms with Crippen LogP contribution in [-0.2, 0) is 10.0 Å². The highest BCUT2D eigenvalue weighted by Crippen LogP contribution is 2.25. The van der Waals surface area contributed by atoms with Gasteiger partial charge in [-0.1, -0.05) is 6.07 Å². The third-order valence-electron chi connectivity index (χ3n) is 4.69. The van der Waals surface area contributed by atoms with Gasteiger partial charge in [0.15, 0.2) is 0 Å². The molecule has 0 radical (unpaired) electrons. The molecule has 1 heterocycles. The minimum absolute atomic E-state index is 0. The van der Waals surface area contributed by atoms with Crippen molar-refractivity contribution in [2.75, 3.05) is 31.6 Å². The standard InChI is InChI=1S/C19H23N3O4S.ClH/c1-21(16-6-8-17(26-2)9-7-16)27(24,25)18-5-3-4-14(12-18)19(23)22-11-10-15(20)13-22;/h3-9,12,15H,10-11,13,20H2,1-2H3;1H/t15-;/m1./s1. The first-order valence-corrected chi connectivity index (χ1v) is 10.0. The van der Waals surface area contributed by atoms with Gasteiger partial charge in [-0.05, 0) is 48.9 Å². The first kappa shape index (κ1) is 22.0. The van der Waals surface area contributed by atoms with Crippen molar-refractivity contribution < 1.29 is 17.9 Å². The minimum Gasteiger partial charge on any atom is -0.497 e. The maximum absolute atomic E-state index is 13.0. The summed E-state index contributed by atoms with van der Waals surface area (Å²) in [5.41, 5.74) is 6.70. The molecule has 2 aromatic rings. The smallest absolute Gasteiger partial charge is 0.264 e. The molecular formula is C19H24ClN3O4S. The SMILES string of the molecule is COc1ccc(N(C)S(=O)(=O)c2cccc(C(=O)N3CC[C@@H](N)C3)c2)cc1.Cl. The maximum atomic E-state index is 13.0. The van der Waals surface area contributed by atoms with Gasteiger partial charge < -0.3 is 15.4 Å². The molecule has 0 saturated carbocycles. The fraction of sp³-hybridized carbons (Fsp3) is 0.316. The molecular weight excluding hydrogens is 402 g/mol. The highest BCUT2D eigenvalue weighted by atomic mass is 35.5. The molecule has 3 rings (SSSR count). The summed E-state index contributed by atoms with van der Waals surface area (Å²) < 4.78 is 32.3. The summed E-state index contributed by atoms with van der Waals surface area (Å²) in [6.45, 7) is 1.07. The number of likely N-dealkylation sites (tertiary alicyclic amines) is 1. The molecule has 1 saturated heterocycles. The number of nitrogens with zero attached hydrogens (tertiary/aromatic N) is 2. The van der Waals surface area contributed by atoms with Crippen LogP contribution >= 0.6 is 12.4 Å². The number of carbonyl (C=O) groups excluding carboxylic acids is 1. The van der Waals surface area contributed by atoms with Crippen molar-refractivity contribution in [2.24, 2.45) is 5.73 Å². The Morgan fingerprint density at radius 2 is 1.89 bits per heavy atom. The molecule has 2 aromatic carbocycles. The summed E-state index contributed by atoms with van der Waals surface area (Å²) >= 11 is 0. The van der Waals surface area contributed by atoms with Crippen LogP contribution in [0.15, 0.2) is 53.4 Å². The number of ether oxygens (including phenoxy) is 1. The molecule has 28 heavy (non-hydrogen) atoms. The van der Waals surface area contributed by atoms with Gasteiger partial charge in [0.05, 0.1) is 17.7 Å². The predicted molar refractivity (Wildman–Crippen MR) is 111 cm³/mol. The molecule has 1 amide bonds. The fourth-order valence-corrected chi connectivity index (χ4v) is 4.27. The molecule has 7 nitrogen and oxygen atoms in total. The minimum atomic E-state index is -3.80. The Hall–Kier alpha value is -2.29. The van der Waals surface area contributed by atoms with E-state index < -0.39 is 10.0 Å².